The fourth-order valence-corrected chi connectivity index (χ4v) is 8.08. The number of methoxy groups -OCH3 is 1. The van der Waals surface area contributed by atoms with Crippen LogP contribution in [0, 0.1) is 17.3 Å². The quantitative estimate of drug-likeness (QED) is 0.634. The molecule has 4 heteroatoms. The highest BCUT2D eigenvalue weighted by atomic mass is 16.5. The van der Waals surface area contributed by atoms with Crippen molar-refractivity contribution in [1.29, 1.82) is 0 Å². The molecular formula is C28H32O4. The highest BCUT2D eigenvalue weighted by Crippen LogP contribution is 2.68. The van der Waals surface area contributed by atoms with Crippen LogP contribution in [0.3, 0.4) is 0 Å². The number of ketones is 2. The number of fused-ring (bicyclic) bond motifs is 5. The Balaban J connectivity index is 1.52. The first-order chi connectivity index (χ1) is 15.5. The predicted octanol–water partition coefficient (Wildman–Crippen LogP) is 5.32. The zero-order chi connectivity index (χ0) is 22.1. The van der Waals surface area contributed by atoms with Crippen molar-refractivity contribution in [2.45, 2.75) is 69.8 Å². The molecule has 1 heterocycles. The molecular weight excluding hydrogens is 400 g/mol. The number of ether oxygens (including phenoxy) is 2. The monoisotopic (exact) mass is 432 g/mol. The van der Waals surface area contributed by atoms with Gasteiger partial charge in [-0.3, -0.25) is 9.59 Å². The topological polar surface area (TPSA) is 52.6 Å². The third-order valence-corrected chi connectivity index (χ3v) is 9.50. The largest absolute Gasteiger partial charge is 0.497 e. The van der Waals surface area contributed by atoms with Crippen LogP contribution in [0.4, 0.5) is 0 Å². The molecule has 32 heavy (non-hydrogen) atoms. The van der Waals surface area contributed by atoms with Crippen molar-refractivity contribution >= 4 is 11.6 Å². The fourth-order valence-electron chi connectivity index (χ4n) is 8.08. The maximum absolute atomic E-state index is 13.2. The summed E-state index contributed by atoms with van der Waals surface area (Å²) in [4.78, 5) is 25.4. The van der Waals surface area contributed by atoms with E-state index in [2.05, 4.69) is 31.2 Å². The highest BCUT2D eigenvalue weighted by molar-refractivity contribution is 5.93. The van der Waals surface area contributed by atoms with Gasteiger partial charge in [-0.05, 0) is 85.3 Å². The van der Waals surface area contributed by atoms with Crippen LogP contribution in [0.1, 0.15) is 69.8 Å². The van der Waals surface area contributed by atoms with Crippen molar-refractivity contribution in [3.05, 3.63) is 52.6 Å². The summed E-state index contributed by atoms with van der Waals surface area (Å²) in [5.41, 5.74) is 4.83. The number of rotatable bonds is 2. The minimum atomic E-state index is -0.600. The summed E-state index contributed by atoms with van der Waals surface area (Å²) in [6.45, 7) is 2.92. The van der Waals surface area contributed by atoms with Gasteiger partial charge in [0.2, 0.25) is 0 Å². The Morgan fingerprint density at radius 3 is 2.56 bits per heavy atom. The molecule has 1 aliphatic heterocycles. The maximum atomic E-state index is 13.2. The van der Waals surface area contributed by atoms with Gasteiger partial charge >= 0.3 is 0 Å². The van der Waals surface area contributed by atoms with Gasteiger partial charge in [-0.2, -0.15) is 0 Å². The molecule has 1 aromatic carbocycles. The Hall–Kier alpha value is -2.20. The molecule has 1 saturated heterocycles. The van der Waals surface area contributed by atoms with E-state index in [4.69, 9.17) is 9.47 Å². The molecule has 2 saturated carbocycles. The second kappa shape index (κ2) is 7.15. The van der Waals surface area contributed by atoms with Crippen LogP contribution in [-0.2, 0) is 14.3 Å². The number of carbonyl (C=O) groups is 2. The molecule has 6 rings (SSSR count). The summed E-state index contributed by atoms with van der Waals surface area (Å²) < 4.78 is 11.8. The summed E-state index contributed by atoms with van der Waals surface area (Å²) in [6, 6.07) is 8.50. The van der Waals surface area contributed by atoms with Gasteiger partial charge in [-0.1, -0.05) is 24.6 Å². The molecule has 3 fully saturated rings. The average Bonchev–Trinajstić information content (AvgIpc) is 3.33. The molecule has 0 aromatic heterocycles. The molecule has 3 unspecified atom stereocenters. The van der Waals surface area contributed by atoms with E-state index in [0.29, 0.717) is 37.1 Å². The number of allylic oxidation sites excluding steroid dienone is 4. The van der Waals surface area contributed by atoms with Gasteiger partial charge in [0.05, 0.1) is 13.7 Å². The first kappa shape index (κ1) is 20.4. The second-order valence-electron chi connectivity index (χ2n) is 10.7. The minimum absolute atomic E-state index is 0.147. The first-order valence-corrected chi connectivity index (χ1v) is 12.2. The highest BCUT2D eigenvalue weighted by Gasteiger charge is 2.67. The van der Waals surface area contributed by atoms with Gasteiger partial charge in [0.1, 0.15) is 11.4 Å². The van der Waals surface area contributed by atoms with Crippen LogP contribution < -0.4 is 4.74 Å². The zero-order valence-electron chi connectivity index (χ0n) is 19.1. The molecule has 168 valence electrons. The van der Waals surface area contributed by atoms with Crippen molar-refractivity contribution in [2.75, 3.05) is 13.7 Å². The molecule has 0 N–H and O–H groups in total. The van der Waals surface area contributed by atoms with Gasteiger partial charge in [0.25, 0.3) is 0 Å². The molecule has 5 aliphatic rings. The van der Waals surface area contributed by atoms with Crippen LogP contribution in [0.25, 0.3) is 0 Å². The summed E-state index contributed by atoms with van der Waals surface area (Å²) >= 11 is 0. The third kappa shape index (κ3) is 2.65. The van der Waals surface area contributed by atoms with Crippen LogP contribution in [0.2, 0.25) is 0 Å². The lowest BCUT2D eigenvalue weighted by molar-refractivity contribution is -0.150. The third-order valence-electron chi connectivity index (χ3n) is 9.50. The van der Waals surface area contributed by atoms with Gasteiger partial charge in [0.15, 0.2) is 11.6 Å². The number of benzene rings is 1. The predicted molar refractivity (Wildman–Crippen MR) is 122 cm³/mol. The number of carbonyl (C=O) groups excluding carboxylic acids is 2. The first-order valence-electron chi connectivity index (χ1n) is 12.2. The van der Waals surface area contributed by atoms with Crippen molar-refractivity contribution < 1.29 is 19.1 Å². The zero-order valence-corrected chi connectivity index (χ0v) is 19.1. The lowest BCUT2D eigenvalue weighted by atomic mass is 9.51. The summed E-state index contributed by atoms with van der Waals surface area (Å²) in [6.07, 6.45) is 8.90. The van der Waals surface area contributed by atoms with E-state index in [0.717, 1.165) is 44.3 Å². The standard InChI is InChI=1S/C28H32O4/c1-27-16-23(17-3-7-20(31-2)8-4-17)26-21-10-6-19(29)15-18(21)5-9-22(26)24(27)11-13-28(27)25(30)12-14-32-28/h3-4,7-8,15,22-24H,5-6,9-14,16H2,1-2H3/t22?,23-,24?,27?,28+/m1/s1. The van der Waals surface area contributed by atoms with Gasteiger partial charge in [0, 0.05) is 24.2 Å². The van der Waals surface area contributed by atoms with E-state index in [1.165, 1.54) is 16.7 Å². The van der Waals surface area contributed by atoms with Crippen LogP contribution >= 0.6 is 0 Å². The Bertz CT molecular complexity index is 1050. The lowest BCUT2D eigenvalue weighted by Crippen LogP contribution is -2.54. The second-order valence-corrected chi connectivity index (χ2v) is 10.7. The molecule has 1 aromatic rings. The van der Waals surface area contributed by atoms with E-state index < -0.39 is 5.60 Å². The van der Waals surface area contributed by atoms with E-state index in [1.807, 2.05) is 6.08 Å². The van der Waals surface area contributed by atoms with E-state index in [-0.39, 0.29) is 17.1 Å². The van der Waals surface area contributed by atoms with Gasteiger partial charge < -0.3 is 9.47 Å². The molecule has 0 bridgehead atoms. The number of hydrogen-bond acceptors (Lipinski definition) is 4. The normalized spacial score (nSPS) is 38.4. The van der Waals surface area contributed by atoms with Crippen molar-refractivity contribution in [2.24, 2.45) is 17.3 Å². The van der Waals surface area contributed by atoms with Crippen LogP contribution in [0.5, 0.6) is 5.75 Å². The summed E-state index contributed by atoms with van der Waals surface area (Å²) in [7, 11) is 1.70. The van der Waals surface area contributed by atoms with Crippen molar-refractivity contribution in [3.63, 3.8) is 0 Å². The average molecular weight is 433 g/mol. The van der Waals surface area contributed by atoms with E-state index in [9.17, 15) is 9.59 Å². The number of Topliss-reactive ketones (excluding diaryl/α,β-unsaturated/α-hetero) is 1. The van der Waals surface area contributed by atoms with Crippen molar-refractivity contribution in [1.82, 2.24) is 0 Å². The van der Waals surface area contributed by atoms with Gasteiger partial charge in [-0.25, -0.2) is 0 Å². The lowest BCUT2D eigenvalue weighted by Gasteiger charge is -2.54. The molecule has 5 atom stereocenters. The minimum Gasteiger partial charge on any atom is -0.497 e. The number of hydrogen-bond donors (Lipinski definition) is 0. The SMILES string of the molecule is COc1ccc([C@H]2CC3(C)C(CC[C@@]34OCCC4=O)C3CCC4=CC(=O)CCC4=C32)cc1. The molecule has 0 amide bonds. The maximum Gasteiger partial charge on any atom is 0.167 e. The molecule has 4 nitrogen and oxygen atoms in total. The Morgan fingerprint density at radius 1 is 1.03 bits per heavy atom. The van der Waals surface area contributed by atoms with Crippen LogP contribution in [-0.4, -0.2) is 30.9 Å². The molecule has 4 aliphatic carbocycles. The Kier molecular flexibility index (Phi) is 4.56. The summed E-state index contributed by atoms with van der Waals surface area (Å²) in [5.74, 6) is 2.66. The van der Waals surface area contributed by atoms with Gasteiger partial charge in [-0.15, -0.1) is 0 Å². The summed E-state index contributed by atoms with van der Waals surface area (Å²) in [5, 5.41) is 0. The Morgan fingerprint density at radius 2 is 1.84 bits per heavy atom. The molecule has 0 radical (unpaired) electrons. The Labute approximate surface area is 190 Å². The smallest absolute Gasteiger partial charge is 0.167 e. The van der Waals surface area contributed by atoms with E-state index >= 15 is 0 Å². The fraction of sp³-hybridized carbons (Fsp3) is 0.571. The van der Waals surface area contributed by atoms with Crippen LogP contribution in [0.15, 0.2) is 47.1 Å². The molecule has 1 spiro atoms. The van der Waals surface area contributed by atoms with Crippen molar-refractivity contribution in [3.8, 4) is 5.75 Å². The van der Waals surface area contributed by atoms with E-state index in [1.54, 1.807) is 12.7 Å².